The number of phenols is 1. The van der Waals surface area contributed by atoms with Gasteiger partial charge in [-0.05, 0) is 66.3 Å². The van der Waals surface area contributed by atoms with Gasteiger partial charge in [-0.1, -0.05) is 24.3 Å². The molecule has 3 aromatic rings. The Morgan fingerprint density at radius 2 is 1.76 bits per heavy atom. The third-order valence-corrected chi connectivity index (χ3v) is 5.38. The Kier molecular flexibility index (Phi) is 7.55. The van der Waals surface area contributed by atoms with Crippen LogP contribution in [0.4, 0.5) is 11.4 Å². The zero-order chi connectivity index (χ0) is 20.6. The Morgan fingerprint density at radius 1 is 0.966 bits per heavy atom. The molecule has 0 aliphatic heterocycles. The third kappa shape index (κ3) is 5.98. The molecule has 0 amide bonds. The molecule has 1 atom stereocenters. The van der Waals surface area contributed by atoms with E-state index in [1.807, 2.05) is 24.3 Å². The first-order chi connectivity index (χ1) is 14.1. The minimum Gasteiger partial charge on any atom is -0.508 e. The highest BCUT2D eigenvalue weighted by Gasteiger charge is 2.09. The molecule has 0 saturated carbocycles. The van der Waals surface area contributed by atoms with Crippen LogP contribution in [0.15, 0.2) is 71.6 Å². The monoisotopic (exact) mass is 410 g/mol. The Morgan fingerprint density at radius 3 is 2.48 bits per heavy atom. The molecule has 0 aromatic heterocycles. The molecule has 0 aliphatic carbocycles. The summed E-state index contributed by atoms with van der Waals surface area (Å²) in [6.07, 6.45) is 1.97. The maximum Gasteiger partial charge on any atom is 0.131 e. The van der Waals surface area contributed by atoms with E-state index in [0.29, 0.717) is 17.7 Å². The molecule has 29 heavy (non-hydrogen) atoms. The van der Waals surface area contributed by atoms with Crippen molar-refractivity contribution in [3.05, 3.63) is 83.4 Å². The van der Waals surface area contributed by atoms with Gasteiger partial charge in [-0.15, -0.1) is 11.8 Å². The lowest BCUT2D eigenvalue weighted by molar-refractivity contribution is 0.139. The van der Waals surface area contributed by atoms with Gasteiger partial charge in [0.25, 0.3) is 0 Å². The van der Waals surface area contributed by atoms with Gasteiger partial charge >= 0.3 is 0 Å². The predicted molar refractivity (Wildman–Crippen MR) is 119 cm³/mol. The van der Waals surface area contributed by atoms with E-state index in [0.717, 1.165) is 23.4 Å². The molecule has 0 bridgehead atoms. The minimum absolute atomic E-state index is 0.0253. The lowest BCUT2D eigenvalue weighted by atomic mass is 10.1. The van der Waals surface area contributed by atoms with Gasteiger partial charge in [-0.25, -0.2) is 0 Å². The maximum atomic E-state index is 10.3. The van der Waals surface area contributed by atoms with Gasteiger partial charge in [0.1, 0.15) is 12.0 Å². The van der Waals surface area contributed by atoms with Crippen molar-refractivity contribution < 1.29 is 15.3 Å². The standard InChI is InChI=1S/C23H26N2O3S/c1-29-21-4-2-3-20(14-21)25-19-8-5-16(6-9-19)11-12-24-23(28)17-7-10-22(27)18(13-17)15-26/h2-10,13-14,23-28H,11-12,15H2,1H3. The summed E-state index contributed by atoms with van der Waals surface area (Å²) in [6, 6.07) is 21.2. The molecular formula is C23H26N2O3S. The number of thioether (sulfide) groups is 1. The first kappa shape index (κ1) is 21.2. The molecule has 0 heterocycles. The quantitative estimate of drug-likeness (QED) is 0.269. The van der Waals surface area contributed by atoms with E-state index in [9.17, 15) is 15.3 Å². The fourth-order valence-electron chi connectivity index (χ4n) is 3.00. The lowest BCUT2D eigenvalue weighted by Crippen LogP contribution is -2.23. The van der Waals surface area contributed by atoms with Gasteiger partial charge < -0.3 is 20.6 Å². The molecule has 0 spiro atoms. The molecule has 5 N–H and O–H groups in total. The second-order valence-corrected chi connectivity index (χ2v) is 7.59. The average molecular weight is 411 g/mol. The number of nitrogens with one attached hydrogen (secondary N) is 2. The molecule has 0 saturated heterocycles. The van der Waals surface area contributed by atoms with Gasteiger partial charge in [-0.2, -0.15) is 0 Å². The normalized spacial score (nSPS) is 12.0. The number of hydrogen-bond acceptors (Lipinski definition) is 6. The predicted octanol–water partition coefficient (Wildman–Crippen LogP) is 4.17. The van der Waals surface area contributed by atoms with Crippen LogP contribution in [0.25, 0.3) is 0 Å². The molecule has 152 valence electrons. The summed E-state index contributed by atoms with van der Waals surface area (Å²) in [4.78, 5) is 1.22. The number of hydrogen-bond donors (Lipinski definition) is 5. The van der Waals surface area contributed by atoms with E-state index in [2.05, 4.69) is 41.2 Å². The summed E-state index contributed by atoms with van der Waals surface area (Å²) < 4.78 is 0. The number of aliphatic hydroxyl groups is 2. The molecule has 1 unspecified atom stereocenters. The summed E-state index contributed by atoms with van der Waals surface area (Å²) >= 11 is 1.72. The van der Waals surface area contributed by atoms with E-state index in [4.69, 9.17) is 0 Å². The van der Waals surface area contributed by atoms with Crippen molar-refractivity contribution in [1.82, 2.24) is 5.32 Å². The summed E-state index contributed by atoms with van der Waals surface area (Å²) in [7, 11) is 0. The first-order valence-corrected chi connectivity index (χ1v) is 10.7. The average Bonchev–Trinajstić information content (AvgIpc) is 2.75. The minimum atomic E-state index is -0.856. The van der Waals surface area contributed by atoms with E-state index >= 15 is 0 Å². The van der Waals surface area contributed by atoms with Crippen molar-refractivity contribution in [2.75, 3.05) is 18.1 Å². The number of benzene rings is 3. The Bertz CT molecular complexity index is 932. The Labute approximate surface area is 175 Å². The van der Waals surface area contributed by atoms with Crippen molar-refractivity contribution in [2.45, 2.75) is 24.2 Å². The van der Waals surface area contributed by atoms with E-state index in [1.54, 1.807) is 23.9 Å². The molecule has 0 radical (unpaired) electrons. The van der Waals surface area contributed by atoms with Crippen molar-refractivity contribution in [1.29, 1.82) is 0 Å². The molecular weight excluding hydrogens is 384 g/mol. The Balaban J connectivity index is 1.51. The topological polar surface area (TPSA) is 84.8 Å². The summed E-state index contributed by atoms with van der Waals surface area (Å²) in [5.74, 6) is 0.0253. The zero-order valence-electron chi connectivity index (χ0n) is 16.3. The Hall–Kier alpha value is -2.51. The summed E-state index contributed by atoms with van der Waals surface area (Å²) in [5.41, 5.74) is 4.26. The number of aromatic hydroxyl groups is 1. The third-order valence-electron chi connectivity index (χ3n) is 4.65. The molecule has 6 heteroatoms. The smallest absolute Gasteiger partial charge is 0.131 e. The van der Waals surface area contributed by atoms with Crippen LogP contribution in [0.5, 0.6) is 5.75 Å². The molecule has 5 nitrogen and oxygen atoms in total. The van der Waals surface area contributed by atoms with E-state index in [-0.39, 0.29) is 12.4 Å². The molecule has 3 aromatic carbocycles. The van der Waals surface area contributed by atoms with Crippen LogP contribution >= 0.6 is 11.8 Å². The fraction of sp³-hybridized carbons (Fsp3) is 0.217. The first-order valence-electron chi connectivity index (χ1n) is 9.43. The maximum absolute atomic E-state index is 10.3. The molecule has 0 aliphatic rings. The van der Waals surface area contributed by atoms with Crippen molar-refractivity contribution in [2.24, 2.45) is 0 Å². The van der Waals surface area contributed by atoms with Crippen LogP contribution in [0.3, 0.4) is 0 Å². The van der Waals surface area contributed by atoms with Gasteiger partial charge in [0.15, 0.2) is 0 Å². The zero-order valence-corrected chi connectivity index (χ0v) is 17.1. The second-order valence-electron chi connectivity index (χ2n) is 6.71. The number of aliphatic hydroxyl groups excluding tert-OH is 2. The van der Waals surface area contributed by atoms with E-state index < -0.39 is 6.23 Å². The van der Waals surface area contributed by atoms with Crippen molar-refractivity contribution in [3.8, 4) is 5.75 Å². The highest BCUT2D eigenvalue weighted by Crippen LogP contribution is 2.23. The number of anilines is 2. The van der Waals surface area contributed by atoms with E-state index in [1.165, 1.54) is 11.0 Å². The van der Waals surface area contributed by atoms with Gasteiger partial charge in [0.2, 0.25) is 0 Å². The molecule has 3 rings (SSSR count). The highest BCUT2D eigenvalue weighted by atomic mass is 32.2. The largest absolute Gasteiger partial charge is 0.508 e. The number of rotatable bonds is 9. The highest BCUT2D eigenvalue weighted by molar-refractivity contribution is 7.98. The van der Waals surface area contributed by atoms with Gasteiger partial charge in [-0.3, -0.25) is 5.32 Å². The fourth-order valence-corrected chi connectivity index (χ4v) is 3.45. The van der Waals surface area contributed by atoms with Gasteiger partial charge in [0, 0.05) is 28.4 Å². The van der Waals surface area contributed by atoms with Crippen LogP contribution in [0.2, 0.25) is 0 Å². The van der Waals surface area contributed by atoms with Crippen LogP contribution in [-0.4, -0.2) is 28.1 Å². The second kappa shape index (κ2) is 10.3. The van der Waals surface area contributed by atoms with Crippen molar-refractivity contribution in [3.63, 3.8) is 0 Å². The van der Waals surface area contributed by atoms with Crippen molar-refractivity contribution >= 4 is 23.1 Å². The SMILES string of the molecule is CSc1cccc(Nc2ccc(CCNC(O)c3ccc(O)c(CO)c3)cc2)c1. The van der Waals surface area contributed by atoms with Crippen LogP contribution in [-0.2, 0) is 13.0 Å². The van der Waals surface area contributed by atoms with Crippen LogP contribution in [0.1, 0.15) is 22.9 Å². The summed E-state index contributed by atoms with van der Waals surface area (Å²) in [6.45, 7) is 0.327. The molecule has 0 fully saturated rings. The van der Waals surface area contributed by atoms with Crippen LogP contribution in [0, 0.1) is 0 Å². The lowest BCUT2D eigenvalue weighted by Gasteiger charge is -2.15. The van der Waals surface area contributed by atoms with Gasteiger partial charge in [0.05, 0.1) is 6.61 Å². The summed E-state index contributed by atoms with van der Waals surface area (Å²) in [5, 5.41) is 35.6. The van der Waals surface area contributed by atoms with Crippen LogP contribution < -0.4 is 10.6 Å².